The summed E-state index contributed by atoms with van der Waals surface area (Å²) in [5, 5.41) is 18.9. The quantitative estimate of drug-likeness (QED) is 0.812. The summed E-state index contributed by atoms with van der Waals surface area (Å²) in [7, 11) is 1.55. The first-order valence-corrected chi connectivity index (χ1v) is 5.52. The van der Waals surface area contributed by atoms with Crippen LogP contribution in [0.3, 0.4) is 0 Å². The Bertz CT molecular complexity index is 574. The highest BCUT2D eigenvalue weighted by Gasteiger charge is 1.97. The molecule has 0 fully saturated rings. The summed E-state index contributed by atoms with van der Waals surface area (Å²) in [5.41, 5.74) is 1.72. The van der Waals surface area contributed by atoms with Gasteiger partial charge < -0.3 is 14.9 Å². The van der Waals surface area contributed by atoms with E-state index in [4.69, 9.17) is 4.74 Å². The standard InChI is InChI=1S/C15H14O3/c1-18-15-9-12(8-14(17)10-15)6-5-11-3-2-4-13(16)7-11/h2-10,16-17H,1H3/b6-5-. The molecule has 3 heteroatoms. The number of rotatable bonds is 3. The topological polar surface area (TPSA) is 49.7 Å². The van der Waals surface area contributed by atoms with E-state index in [2.05, 4.69) is 0 Å². The predicted molar refractivity (Wildman–Crippen MR) is 71.7 cm³/mol. The van der Waals surface area contributed by atoms with E-state index in [0.717, 1.165) is 11.1 Å². The zero-order valence-corrected chi connectivity index (χ0v) is 10.00. The second kappa shape index (κ2) is 5.27. The van der Waals surface area contributed by atoms with Crippen LogP contribution in [-0.4, -0.2) is 17.3 Å². The Balaban J connectivity index is 2.25. The minimum atomic E-state index is 0.157. The molecule has 2 rings (SSSR count). The minimum Gasteiger partial charge on any atom is -0.508 e. The largest absolute Gasteiger partial charge is 0.508 e. The molecule has 2 N–H and O–H groups in total. The molecule has 0 spiro atoms. The normalized spacial score (nSPS) is 10.7. The molecule has 2 aromatic carbocycles. The first kappa shape index (κ1) is 12.0. The molecule has 0 bridgehead atoms. The molecule has 0 atom stereocenters. The van der Waals surface area contributed by atoms with Crippen molar-refractivity contribution in [2.24, 2.45) is 0 Å². The summed E-state index contributed by atoms with van der Waals surface area (Å²) in [6.45, 7) is 0. The Labute approximate surface area is 106 Å². The fraction of sp³-hybridized carbons (Fsp3) is 0.0667. The lowest BCUT2D eigenvalue weighted by molar-refractivity contribution is 0.407. The van der Waals surface area contributed by atoms with Crippen LogP contribution in [0.5, 0.6) is 17.2 Å². The van der Waals surface area contributed by atoms with E-state index in [0.29, 0.717) is 5.75 Å². The van der Waals surface area contributed by atoms with Gasteiger partial charge in [0.25, 0.3) is 0 Å². The predicted octanol–water partition coefficient (Wildman–Crippen LogP) is 3.28. The van der Waals surface area contributed by atoms with Gasteiger partial charge in [-0.15, -0.1) is 0 Å². The fourth-order valence-corrected chi connectivity index (χ4v) is 1.64. The molecule has 0 amide bonds. The smallest absolute Gasteiger partial charge is 0.123 e. The summed E-state index contributed by atoms with van der Waals surface area (Å²) in [6.07, 6.45) is 3.70. The summed E-state index contributed by atoms with van der Waals surface area (Å²) < 4.78 is 5.07. The van der Waals surface area contributed by atoms with Crippen LogP contribution in [0.1, 0.15) is 11.1 Å². The van der Waals surface area contributed by atoms with Crippen molar-refractivity contribution < 1.29 is 14.9 Å². The molecule has 0 saturated carbocycles. The van der Waals surface area contributed by atoms with Gasteiger partial charge in [-0.2, -0.15) is 0 Å². The van der Waals surface area contributed by atoms with Gasteiger partial charge in [-0.05, 0) is 35.4 Å². The Morgan fingerprint density at radius 2 is 1.61 bits per heavy atom. The molecule has 0 aliphatic heterocycles. The van der Waals surface area contributed by atoms with E-state index in [1.54, 1.807) is 37.4 Å². The zero-order chi connectivity index (χ0) is 13.0. The number of methoxy groups -OCH3 is 1. The number of hydrogen-bond donors (Lipinski definition) is 2. The van der Waals surface area contributed by atoms with Crippen molar-refractivity contribution in [1.29, 1.82) is 0 Å². The number of phenols is 2. The monoisotopic (exact) mass is 242 g/mol. The van der Waals surface area contributed by atoms with Gasteiger partial charge in [-0.1, -0.05) is 24.3 Å². The summed E-state index contributed by atoms with van der Waals surface area (Å²) in [6, 6.07) is 12.0. The minimum absolute atomic E-state index is 0.157. The zero-order valence-electron chi connectivity index (χ0n) is 10.00. The average molecular weight is 242 g/mol. The lowest BCUT2D eigenvalue weighted by atomic mass is 10.1. The Morgan fingerprint density at radius 1 is 0.889 bits per heavy atom. The summed E-state index contributed by atoms with van der Waals surface area (Å²) in [5.74, 6) is 0.987. The van der Waals surface area contributed by atoms with Crippen LogP contribution < -0.4 is 4.74 Å². The van der Waals surface area contributed by atoms with E-state index in [9.17, 15) is 10.2 Å². The molecule has 0 aromatic heterocycles. The Morgan fingerprint density at radius 3 is 2.33 bits per heavy atom. The average Bonchev–Trinajstić information content (AvgIpc) is 2.36. The number of benzene rings is 2. The van der Waals surface area contributed by atoms with Crippen molar-refractivity contribution in [2.75, 3.05) is 7.11 Å². The van der Waals surface area contributed by atoms with E-state index in [1.807, 2.05) is 24.3 Å². The van der Waals surface area contributed by atoms with E-state index >= 15 is 0 Å². The summed E-state index contributed by atoms with van der Waals surface area (Å²) >= 11 is 0. The second-order valence-corrected chi connectivity index (χ2v) is 3.89. The first-order valence-electron chi connectivity index (χ1n) is 5.52. The van der Waals surface area contributed by atoms with Gasteiger partial charge in [0.1, 0.15) is 17.2 Å². The van der Waals surface area contributed by atoms with Crippen LogP contribution in [0.25, 0.3) is 12.2 Å². The van der Waals surface area contributed by atoms with E-state index in [-0.39, 0.29) is 11.5 Å². The molecule has 2 aromatic rings. The van der Waals surface area contributed by atoms with Crippen LogP contribution in [0.15, 0.2) is 42.5 Å². The second-order valence-electron chi connectivity index (χ2n) is 3.89. The highest BCUT2D eigenvalue weighted by molar-refractivity contribution is 5.71. The van der Waals surface area contributed by atoms with Gasteiger partial charge in [0.15, 0.2) is 0 Å². The number of ether oxygens (including phenoxy) is 1. The maximum atomic E-state index is 9.51. The number of hydrogen-bond acceptors (Lipinski definition) is 3. The number of phenolic OH excluding ortho intramolecular Hbond substituents is 2. The lowest BCUT2D eigenvalue weighted by Gasteiger charge is -2.02. The molecular weight excluding hydrogens is 228 g/mol. The third-order valence-corrected chi connectivity index (χ3v) is 2.49. The molecule has 0 radical (unpaired) electrons. The van der Waals surface area contributed by atoms with Gasteiger partial charge in [0, 0.05) is 6.07 Å². The first-order chi connectivity index (χ1) is 8.67. The summed E-state index contributed by atoms with van der Waals surface area (Å²) in [4.78, 5) is 0. The molecular formula is C15H14O3. The van der Waals surface area contributed by atoms with E-state index < -0.39 is 0 Å². The molecule has 0 saturated heterocycles. The van der Waals surface area contributed by atoms with Gasteiger partial charge in [0.2, 0.25) is 0 Å². The van der Waals surface area contributed by atoms with Crippen molar-refractivity contribution in [2.45, 2.75) is 0 Å². The lowest BCUT2D eigenvalue weighted by Crippen LogP contribution is -1.83. The van der Waals surface area contributed by atoms with Crippen molar-refractivity contribution in [3.05, 3.63) is 53.6 Å². The highest BCUT2D eigenvalue weighted by atomic mass is 16.5. The van der Waals surface area contributed by atoms with Crippen molar-refractivity contribution in [3.63, 3.8) is 0 Å². The van der Waals surface area contributed by atoms with Gasteiger partial charge in [-0.25, -0.2) is 0 Å². The van der Waals surface area contributed by atoms with E-state index in [1.165, 1.54) is 0 Å². The van der Waals surface area contributed by atoms with Crippen molar-refractivity contribution in [3.8, 4) is 17.2 Å². The van der Waals surface area contributed by atoms with Crippen LogP contribution in [0, 0.1) is 0 Å². The Hall–Kier alpha value is -2.42. The molecule has 3 nitrogen and oxygen atoms in total. The molecule has 0 heterocycles. The van der Waals surface area contributed by atoms with Crippen molar-refractivity contribution >= 4 is 12.2 Å². The fourth-order valence-electron chi connectivity index (χ4n) is 1.64. The third kappa shape index (κ3) is 3.04. The third-order valence-electron chi connectivity index (χ3n) is 2.49. The maximum absolute atomic E-state index is 9.51. The molecule has 92 valence electrons. The SMILES string of the molecule is COc1cc(O)cc(/C=C\c2cccc(O)c2)c1. The maximum Gasteiger partial charge on any atom is 0.123 e. The van der Waals surface area contributed by atoms with Gasteiger partial charge in [-0.3, -0.25) is 0 Å². The van der Waals surface area contributed by atoms with Gasteiger partial charge in [0.05, 0.1) is 7.11 Å². The number of aromatic hydroxyl groups is 2. The van der Waals surface area contributed by atoms with Crippen molar-refractivity contribution in [1.82, 2.24) is 0 Å². The highest BCUT2D eigenvalue weighted by Crippen LogP contribution is 2.23. The molecule has 0 aliphatic carbocycles. The molecule has 0 aliphatic rings. The van der Waals surface area contributed by atoms with Gasteiger partial charge >= 0.3 is 0 Å². The van der Waals surface area contributed by atoms with Crippen LogP contribution in [-0.2, 0) is 0 Å². The Kier molecular flexibility index (Phi) is 3.53. The van der Waals surface area contributed by atoms with Crippen LogP contribution in [0.4, 0.5) is 0 Å². The van der Waals surface area contributed by atoms with Crippen LogP contribution >= 0.6 is 0 Å². The molecule has 0 unspecified atom stereocenters. The van der Waals surface area contributed by atoms with Crippen LogP contribution in [0.2, 0.25) is 0 Å². The molecule has 18 heavy (non-hydrogen) atoms.